The minimum atomic E-state index is -1.04. The maximum absolute atomic E-state index is 11.0. The van der Waals surface area contributed by atoms with Gasteiger partial charge in [-0.2, -0.15) is 0 Å². The molecule has 0 radical (unpaired) electrons. The molecule has 0 rings (SSSR count). The van der Waals surface area contributed by atoms with Gasteiger partial charge in [0.1, 0.15) is 11.7 Å². The molecule has 0 aliphatic rings. The number of hydrogen-bond donors (Lipinski definition) is 0. The fourth-order valence-electron chi connectivity index (χ4n) is 0.785. The summed E-state index contributed by atoms with van der Waals surface area (Å²) < 4.78 is 8.68. The summed E-state index contributed by atoms with van der Waals surface area (Å²) in [5, 5.41) is 0. The van der Waals surface area contributed by atoms with Crippen LogP contribution >= 0.6 is 0 Å². The van der Waals surface area contributed by atoms with Crippen LogP contribution in [0.15, 0.2) is 0 Å². The van der Waals surface area contributed by atoms with Gasteiger partial charge in [-0.1, -0.05) is 0 Å². The Labute approximate surface area is 76.0 Å². The third-order valence-electron chi connectivity index (χ3n) is 1.57. The van der Waals surface area contributed by atoms with Crippen LogP contribution in [-0.2, 0) is 23.9 Å². The largest absolute Gasteiger partial charge is 0.469 e. The van der Waals surface area contributed by atoms with Gasteiger partial charge < -0.3 is 9.47 Å². The lowest BCUT2D eigenvalue weighted by molar-refractivity contribution is -0.155. The molecule has 74 valence electrons. The summed E-state index contributed by atoms with van der Waals surface area (Å²) in [6.07, 6.45) is -0.265. The van der Waals surface area contributed by atoms with Crippen molar-refractivity contribution in [1.29, 1.82) is 0 Å². The highest BCUT2D eigenvalue weighted by Gasteiger charge is 2.27. The zero-order valence-corrected chi connectivity index (χ0v) is 7.83. The number of ketones is 1. The summed E-state index contributed by atoms with van der Waals surface area (Å²) in [5.74, 6) is -2.77. The van der Waals surface area contributed by atoms with E-state index in [0.29, 0.717) is 0 Å². The second-order valence-corrected chi connectivity index (χ2v) is 2.47. The molecule has 0 aromatic carbocycles. The maximum atomic E-state index is 11.0. The molecular weight excluding hydrogens is 176 g/mol. The van der Waals surface area contributed by atoms with E-state index in [1.54, 1.807) is 0 Å². The predicted molar refractivity (Wildman–Crippen MR) is 42.8 cm³/mol. The molecule has 0 aliphatic carbocycles. The zero-order chi connectivity index (χ0) is 10.4. The number of carbonyl (C=O) groups is 3. The van der Waals surface area contributed by atoms with Crippen LogP contribution in [0.4, 0.5) is 0 Å². The Balaban J connectivity index is 4.35. The smallest absolute Gasteiger partial charge is 0.316 e. The third kappa shape index (κ3) is 3.68. The molecule has 5 nitrogen and oxygen atoms in total. The zero-order valence-electron chi connectivity index (χ0n) is 7.83. The number of ether oxygens (including phenoxy) is 2. The lowest BCUT2D eigenvalue weighted by Gasteiger charge is -2.08. The van der Waals surface area contributed by atoms with E-state index in [-0.39, 0.29) is 6.42 Å². The van der Waals surface area contributed by atoms with Crippen molar-refractivity contribution in [1.82, 2.24) is 0 Å². The molecule has 0 aromatic rings. The first-order valence-corrected chi connectivity index (χ1v) is 3.68. The Morgan fingerprint density at radius 2 is 1.69 bits per heavy atom. The molecule has 0 fully saturated rings. The second-order valence-electron chi connectivity index (χ2n) is 2.47. The van der Waals surface area contributed by atoms with Gasteiger partial charge in [-0.15, -0.1) is 0 Å². The molecule has 0 amide bonds. The van der Waals surface area contributed by atoms with Crippen LogP contribution in [0.2, 0.25) is 0 Å². The van der Waals surface area contributed by atoms with Crippen LogP contribution < -0.4 is 0 Å². The summed E-state index contributed by atoms with van der Waals surface area (Å²) >= 11 is 0. The molecule has 0 unspecified atom stereocenters. The summed E-state index contributed by atoms with van der Waals surface area (Å²) in [6.45, 7) is 1.23. The Hall–Kier alpha value is -1.39. The number of Topliss-reactive ketones (excluding diaryl/α,β-unsaturated/α-hetero) is 1. The summed E-state index contributed by atoms with van der Waals surface area (Å²) in [5.41, 5.74) is 0. The summed E-state index contributed by atoms with van der Waals surface area (Å²) in [6, 6.07) is 0. The van der Waals surface area contributed by atoms with Gasteiger partial charge in [0.15, 0.2) is 0 Å². The topological polar surface area (TPSA) is 69.7 Å². The summed E-state index contributed by atoms with van der Waals surface area (Å²) in [4.78, 5) is 32.6. The number of rotatable bonds is 4. The highest BCUT2D eigenvalue weighted by atomic mass is 16.5. The minimum Gasteiger partial charge on any atom is -0.469 e. The molecule has 0 saturated heterocycles. The molecule has 0 aromatic heterocycles. The van der Waals surface area contributed by atoms with E-state index in [4.69, 9.17) is 0 Å². The standard InChI is InChI=1S/C8H12O5/c1-5(9)6(8(11)13-3)4-7(10)12-2/h6H,4H2,1-3H3/t6-/m1/s1. The second kappa shape index (κ2) is 5.29. The number of esters is 2. The average molecular weight is 188 g/mol. The number of hydrogen-bond acceptors (Lipinski definition) is 5. The van der Waals surface area contributed by atoms with Gasteiger partial charge in [0.2, 0.25) is 0 Å². The van der Waals surface area contributed by atoms with Gasteiger partial charge in [-0.05, 0) is 6.92 Å². The van der Waals surface area contributed by atoms with E-state index in [1.165, 1.54) is 14.0 Å². The van der Waals surface area contributed by atoms with Crippen LogP contribution in [0.3, 0.4) is 0 Å². The molecule has 0 N–H and O–H groups in total. The van der Waals surface area contributed by atoms with E-state index in [1.807, 2.05) is 0 Å². The van der Waals surface area contributed by atoms with Crippen molar-refractivity contribution in [2.45, 2.75) is 13.3 Å². The van der Waals surface area contributed by atoms with E-state index >= 15 is 0 Å². The van der Waals surface area contributed by atoms with Crippen molar-refractivity contribution >= 4 is 17.7 Å². The number of methoxy groups -OCH3 is 2. The first kappa shape index (κ1) is 11.6. The Morgan fingerprint density at radius 3 is 2.00 bits per heavy atom. The minimum absolute atomic E-state index is 0.265. The van der Waals surface area contributed by atoms with Crippen LogP contribution in [0.1, 0.15) is 13.3 Å². The number of carbonyl (C=O) groups excluding carboxylic acids is 3. The quantitative estimate of drug-likeness (QED) is 0.456. The highest BCUT2D eigenvalue weighted by molar-refractivity contribution is 6.00. The van der Waals surface area contributed by atoms with Gasteiger partial charge in [0, 0.05) is 0 Å². The van der Waals surface area contributed by atoms with E-state index in [9.17, 15) is 14.4 Å². The van der Waals surface area contributed by atoms with Gasteiger partial charge >= 0.3 is 11.9 Å². The highest BCUT2D eigenvalue weighted by Crippen LogP contribution is 2.07. The molecule has 0 spiro atoms. The van der Waals surface area contributed by atoms with Crippen molar-refractivity contribution in [3.05, 3.63) is 0 Å². The molecular formula is C8H12O5. The van der Waals surface area contributed by atoms with Crippen LogP contribution in [0.5, 0.6) is 0 Å². The van der Waals surface area contributed by atoms with Gasteiger partial charge in [0.25, 0.3) is 0 Å². The van der Waals surface area contributed by atoms with Crippen molar-refractivity contribution in [3.8, 4) is 0 Å². The third-order valence-corrected chi connectivity index (χ3v) is 1.57. The van der Waals surface area contributed by atoms with Gasteiger partial charge in [-0.25, -0.2) is 0 Å². The SMILES string of the molecule is COC(=O)C[C@H](C(C)=O)C(=O)OC. The Morgan fingerprint density at radius 1 is 1.15 bits per heavy atom. The Bertz CT molecular complexity index is 221. The normalized spacial score (nSPS) is 11.6. The molecule has 1 atom stereocenters. The average Bonchev–Trinajstić information content (AvgIpc) is 2.11. The fourth-order valence-corrected chi connectivity index (χ4v) is 0.785. The van der Waals surface area contributed by atoms with Gasteiger partial charge in [0.05, 0.1) is 20.6 Å². The first-order chi connectivity index (χ1) is 6.02. The van der Waals surface area contributed by atoms with Crippen LogP contribution in [0, 0.1) is 5.92 Å². The molecule has 0 aliphatic heterocycles. The monoisotopic (exact) mass is 188 g/mol. The van der Waals surface area contributed by atoms with Crippen LogP contribution in [-0.4, -0.2) is 31.9 Å². The lowest BCUT2D eigenvalue weighted by atomic mass is 10.0. The van der Waals surface area contributed by atoms with E-state index < -0.39 is 23.6 Å². The molecule has 5 heteroatoms. The van der Waals surface area contributed by atoms with Crippen molar-refractivity contribution in [2.75, 3.05) is 14.2 Å². The fraction of sp³-hybridized carbons (Fsp3) is 0.625. The predicted octanol–water partition coefficient (Wildman–Crippen LogP) is -0.0723. The van der Waals surface area contributed by atoms with E-state index in [0.717, 1.165) is 7.11 Å². The molecule has 0 bridgehead atoms. The molecule has 0 heterocycles. The first-order valence-electron chi connectivity index (χ1n) is 3.68. The summed E-state index contributed by atoms with van der Waals surface area (Å²) in [7, 11) is 2.35. The maximum Gasteiger partial charge on any atom is 0.316 e. The van der Waals surface area contributed by atoms with E-state index in [2.05, 4.69) is 9.47 Å². The molecule has 0 saturated carbocycles. The van der Waals surface area contributed by atoms with Crippen LogP contribution in [0.25, 0.3) is 0 Å². The molecule has 13 heavy (non-hydrogen) atoms. The van der Waals surface area contributed by atoms with Crippen molar-refractivity contribution in [3.63, 3.8) is 0 Å². The van der Waals surface area contributed by atoms with Crippen molar-refractivity contribution < 1.29 is 23.9 Å². The van der Waals surface area contributed by atoms with Gasteiger partial charge in [-0.3, -0.25) is 14.4 Å². The lowest BCUT2D eigenvalue weighted by Crippen LogP contribution is -2.26. The Kier molecular flexibility index (Phi) is 4.72. The van der Waals surface area contributed by atoms with Crippen molar-refractivity contribution in [2.24, 2.45) is 5.92 Å².